The largest absolute Gasteiger partial charge is 0.444 e. The highest BCUT2D eigenvalue weighted by molar-refractivity contribution is 7.89. The second-order valence-electron chi connectivity index (χ2n) is 10.4. The molecule has 0 aliphatic carbocycles. The molecule has 204 valence electrons. The van der Waals surface area contributed by atoms with Gasteiger partial charge in [0.05, 0.1) is 17.0 Å². The van der Waals surface area contributed by atoms with E-state index in [0.717, 1.165) is 5.56 Å². The number of carbonyl (C=O) groups is 2. The molecule has 9 nitrogen and oxygen atoms in total. The Morgan fingerprint density at radius 1 is 1.00 bits per heavy atom. The Morgan fingerprint density at radius 2 is 1.59 bits per heavy atom. The maximum Gasteiger partial charge on any atom is 0.407 e. The van der Waals surface area contributed by atoms with Gasteiger partial charge < -0.3 is 20.5 Å². The number of amides is 2. The van der Waals surface area contributed by atoms with Crippen molar-refractivity contribution in [3.63, 3.8) is 0 Å². The van der Waals surface area contributed by atoms with Crippen LogP contribution in [0.2, 0.25) is 0 Å². The minimum absolute atomic E-state index is 0.0213. The standard InChI is InChI=1S/C27H39N3O6S/c1-19(2)17-30(37(34,35)23-14-12-22(13-15-23)28-20(3)31)18-25(32)24(16-21-10-8-7-9-11-21)29-26(33)36-27(4,5)6/h7-15,19,24-25,32H,16-18H2,1-6H3,(H,28,31)(H,29,33)/t24-,25+/m0/s1. The van der Waals surface area contributed by atoms with Crippen molar-refractivity contribution in [2.75, 3.05) is 18.4 Å². The molecular weight excluding hydrogens is 494 g/mol. The number of aliphatic hydroxyl groups is 1. The van der Waals surface area contributed by atoms with E-state index in [1.54, 1.807) is 20.8 Å². The molecule has 10 heteroatoms. The van der Waals surface area contributed by atoms with Crippen LogP contribution in [-0.4, -0.2) is 60.7 Å². The molecule has 0 aliphatic rings. The molecule has 0 saturated carbocycles. The van der Waals surface area contributed by atoms with Crippen molar-refractivity contribution < 1.29 is 27.9 Å². The molecule has 0 heterocycles. The van der Waals surface area contributed by atoms with Gasteiger partial charge in [-0.15, -0.1) is 0 Å². The molecule has 2 amide bonds. The van der Waals surface area contributed by atoms with Crippen LogP contribution in [0.1, 0.15) is 47.1 Å². The Morgan fingerprint density at radius 3 is 2.11 bits per heavy atom. The van der Waals surface area contributed by atoms with Crippen LogP contribution in [0.3, 0.4) is 0 Å². The van der Waals surface area contributed by atoms with Gasteiger partial charge in [-0.3, -0.25) is 4.79 Å². The average Bonchev–Trinajstić information content (AvgIpc) is 2.77. The average molecular weight is 534 g/mol. The number of carbonyl (C=O) groups excluding carboxylic acids is 2. The molecule has 0 unspecified atom stereocenters. The maximum absolute atomic E-state index is 13.5. The molecule has 0 aliphatic heterocycles. The van der Waals surface area contributed by atoms with Crippen molar-refractivity contribution in [3.05, 3.63) is 60.2 Å². The van der Waals surface area contributed by atoms with Crippen molar-refractivity contribution in [1.29, 1.82) is 0 Å². The first kappa shape index (κ1) is 30.3. The minimum atomic E-state index is -3.98. The Hall–Kier alpha value is -2.95. The van der Waals surface area contributed by atoms with Crippen molar-refractivity contribution in [1.82, 2.24) is 9.62 Å². The third kappa shape index (κ3) is 10.1. The molecule has 0 bridgehead atoms. The first-order valence-corrected chi connectivity index (χ1v) is 13.7. The van der Waals surface area contributed by atoms with Crippen molar-refractivity contribution in [3.8, 4) is 0 Å². The van der Waals surface area contributed by atoms with Crippen LogP contribution in [-0.2, 0) is 26.0 Å². The lowest BCUT2D eigenvalue weighted by Crippen LogP contribution is -2.51. The van der Waals surface area contributed by atoms with Crippen LogP contribution < -0.4 is 10.6 Å². The summed E-state index contributed by atoms with van der Waals surface area (Å²) in [6.45, 7) is 10.3. The van der Waals surface area contributed by atoms with Gasteiger partial charge in [-0.1, -0.05) is 44.2 Å². The predicted molar refractivity (Wildman–Crippen MR) is 144 cm³/mol. The van der Waals surface area contributed by atoms with Crippen LogP contribution in [0.4, 0.5) is 10.5 Å². The highest BCUT2D eigenvalue weighted by Crippen LogP contribution is 2.21. The van der Waals surface area contributed by atoms with E-state index >= 15 is 0 Å². The number of anilines is 1. The third-order valence-corrected chi connectivity index (χ3v) is 7.08. The van der Waals surface area contributed by atoms with E-state index < -0.39 is 33.9 Å². The van der Waals surface area contributed by atoms with Crippen molar-refractivity contribution in [2.45, 2.75) is 70.6 Å². The molecule has 0 fully saturated rings. The molecule has 3 N–H and O–H groups in total. The number of nitrogens with one attached hydrogen (secondary N) is 2. The Bertz CT molecular complexity index is 1130. The van der Waals surface area contributed by atoms with Crippen LogP contribution in [0.15, 0.2) is 59.5 Å². The lowest BCUT2D eigenvalue weighted by Gasteiger charge is -2.31. The fourth-order valence-electron chi connectivity index (χ4n) is 3.69. The van der Waals surface area contributed by atoms with E-state index in [9.17, 15) is 23.1 Å². The summed E-state index contributed by atoms with van der Waals surface area (Å²) < 4.78 is 33.7. The summed E-state index contributed by atoms with van der Waals surface area (Å²) in [4.78, 5) is 23.9. The number of rotatable bonds is 11. The molecular formula is C27H39N3O6S. The number of nitrogens with zero attached hydrogens (tertiary/aromatic N) is 1. The second kappa shape index (κ2) is 13.0. The fourth-order valence-corrected chi connectivity index (χ4v) is 5.31. The van der Waals surface area contributed by atoms with E-state index in [1.165, 1.54) is 35.5 Å². The molecule has 0 aromatic heterocycles. The summed E-state index contributed by atoms with van der Waals surface area (Å²) in [5.74, 6) is -0.283. The second-order valence-corrected chi connectivity index (χ2v) is 12.4. The van der Waals surface area contributed by atoms with Crippen LogP contribution >= 0.6 is 0 Å². The topological polar surface area (TPSA) is 125 Å². The molecule has 2 aromatic carbocycles. The normalized spacial score (nSPS) is 13.8. The van der Waals surface area contributed by atoms with Gasteiger partial charge in [0, 0.05) is 25.7 Å². The van der Waals surface area contributed by atoms with Gasteiger partial charge >= 0.3 is 6.09 Å². The molecule has 0 radical (unpaired) electrons. The smallest absolute Gasteiger partial charge is 0.407 e. The molecule has 0 spiro atoms. The number of alkyl carbamates (subject to hydrolysis) is 1. The number of hydrogen-bond donors (Lipinski definition) is 3. The van der Waals surface area contributed by atoms with Gasteiger partial charge in [0.1, 0.15) is 5.60 Å². The maximum atomic E-state index is 13.5. The summed E-state index contributed by atoms with van der Waals surface area (Å²) in [6.07, 6.45) is -1.64. The molecule has 2 atom stereocenters. The molecule has 2 aromatic rings. The van der Waals surface area contributed by atoms with E-state index in [-0.39, 0.29) is 36.2 Å². The monoisotopic (exact) mass is 533 g/mol. The third-order valence-electron chi connectivity index (χ3n) is 5.24. The molecule has 37 heavy (non-hydrogen) atoms. The summed E-state index contributed by atoms with van der Waals surface area (Å²) in [5.41, 5.74) is 0.615. The zero-order valence-electron chi connectivity index (χ0n) is 22.4. The van der Waals surface area contributed by atoms with Gasteiger partial charge in [-0.2, -0.15) is 4.31 Å². The van der Waals surface area contributed by atoms with Gasteiger partial charge in [0.2, 0.25) is 15.9 Å². The first-order valence-electron chi connectivity index (χ1n) is 12.3. The SMILES string of the molecule is CC(=O)Nc1ccc(S(=O)(=O)N(CC(C)C)C[C@@H](O)[C@H](Cc2ccccc2)NC(=O)OC(C)(C)C)cc1. The first-order chi connectivity index (χ1) is 17.2. The highest BCUT2D eigenvalue weighted by atomic mass is 32.2. The summed E-state index contributed by atoms with van der Waals surface area (Å²) in [5, 5.41) is 16.6. The zero-order valence-corrected chi connectivity index (χ0v) is 23.2. The van der Waals surface area contributed by atoms with Gasteiger partial charge in [0.25, 0.3) is 0 Å². The Kier molecular flexibility index (Phi) is 10.7. The summed E-state index contributed by atoms with van der Waals surface area (Å²) in [6, 6.07) is 14.4. The predicted octanol–water partition coefficient (Wildman–Crippen LogP) is 3.79. The summed E-state index contributed by atoms with van der Waals surface area (Å²) >= 11 is 0. The lowest BCUT2D eigenvalue weighted by molar-refractivity contribution is -0.114. The van der Waals surface area contributed by atoms with Crippen LogP contribution in [0.25, 0.3) is 0 Å². The van der Waals surface area contributed by atoms with Crippen molar-refractivity contribution in [2.24, 2.45) is 5.92 Å². The van der Waals surface area contributed by atoms with E-state index in [1.807, 2.05) is 44.2 Å². The fraction of sp³-hybridized carbons (Fsp3) is 0.481. The van der Waals surface area contributed by atoms with E-state index in [4.69, 9.17) is 4.74 Å². The number of benzene rings is 2. The van der Waals surface area contributed by atoms with Crippen LogP contribution in [0, 0.1) is 5.92 Å². The van der Waals surface area contributed by atoms with Gasteiger partial charge in [-0.05, 0) is 62.9 Å². The lowest BCUT2D eigenvalue weighted by atomic mass is 10.0. The Labute approximate surface area is 220 Å². The zero-order chi connectivity index (χ0) is 27.8. The molecule has 0 saturated heterocycles. The van der Waals surface area contributed by atoms with E-state index in [2.05, 4.69) is 10.6 Å². The number of hydrogen-bond acceptors (Lipinski definition) is 6. The number of ether oxygens (including phenoxy) is 1. The Balaban J connectivity index is 2.31. The highest BCUT2D eigenvalue weighted by Gasteiger charge is 2.32. The quantitative estimate of drug-likeness (QED) is 0.404. The minimum Gasteiger partial charge on any atom is -0.444 e. The number of aliphatic hydroxyl groups excluding tert-OH is 1. The van der Waals surface area contributed by atoms with Gasteiger partial charge in [0.15, 0.2) is 0 Å². The molecule has 2 rings (SSSR count). The van der Waals surface area contributed by atoms with Crippen LogP contribution in [0.5, 0.6) is 0 Å². The van der Waals surface area contributed by atoms with E-state index in [0.29, 0.717) is 5.69 Å². The number of sulfonamides is 1. The summed E-state index contributed by atoms with van der Waals surface area (Å²) in [7, 11) is -3.98. The van der Waals surface area contributed by atoms with Crippen molar-refractivity contribution >= 4 is 27.7 Å². The van der Waals surface area contributed by atoms with Gasteiger partial charge in [-0.25, -0.2) is 13.2 Å².